The maximum absolute atomic E-state index is 5.85. The highest BCUT2D eigenvalue weighted by molar-refractivity contribution is 9.10. The molecule has 0 unspecified atom stereocenters. The maximum Gasteiger partial charge on any atom is 0.143 e. The number of hydrogen-bond acceptors (Lipinski definition) is 4. The Balaban J connectivity index is 2.18. The highest BCUT2D eigenvalue weighted by atomic mass is 79.9. The summed E-state index contributed by atoms with van der Waals surface area (Å²) >= 11 is 10.8. The molecule has 0 aliphatic heterocycles. The summed E-state index contributed by atoms with van der Waals surface area (Å²) in [5.41, 5.74) is 2.09. The number of thiazole rings is 1. The first-order chi connectivity index (χ1) is 8.60. The Morgan fingerprint density at radius 1 is 1.50 bits per heavy atom. The minimum Gasteiger partial charge on any atom is -0.495 e. The summed E-state index contributed by atoms with van der Waals surface area (Å²) < 4.78 is 7.07. The Labute approximate surface area is 123 Å². The molecular weight excluding hydrogens is 336 g/mol. The lowest BCUT2D eigenvalue weighted by atomic mass is 10.2. The number of halogens is 2. The highest BCUT2D eigenvalue weighted by Gasteiger charge is 2.09. The Morgan fingerprint density at radius 3 is 2.89 bits per heavy atom. The number of anilines is 1. The van der Waals surface area contributed by atoms with Gasteiger partial charge in [-0.15, -0.1) is 11.3 Å². The number of aryl methyl sites for hydroxylation is 1. The van der Waals surface area contributed by atoms with Gasteiger partial charge in [0.25, 0.3) is 0 Å². The van der Waals surface area contributed by atoms with Gasteiger partial charge in [0, 0.05) is 4.47 Å². The molecule has 0 saturated heterocycles. The van der Waals surface area contributed by atoms with Crippen LogP contribution in [0.3, 0.4) is 0 Å². The van der Waals surface area contributed by atoms with Crippen LogP contribution in [0.2, 0.25) is 4.34 Å². The van der Waals surface area contributed by atoms with Crippen LogP contribution in [0.4, 0.5) is 5.69 Å². The summed E-state index contributed by atoms with van der Waals surface area (Å²) in [6.07, 6.45) is 1.66. The molecule has 0 aliphatic carbocycles. The van der Waals surface area contributed by atoms with Gasteiger partial charge in [0.05, 0.1) is 25.5 Å². The fourth-order valence-electron chi connectivity index (χ4n) is 1.63. The van der Waals surface area contributed by atoms with Gasteiger partial charge in [-0.2, -0.15) is 0 Å². The van der Waals surface area contributed by atoms with Crippen LogP contribution in [-0.2, 0) is 6.54 Å². The van der Waals surface area contributed by atoms with Crippen LogP contribution in [0.15, 0.2) is 22.8 Å². The van der Waals surface area contributed by atoms with Gasteiger partial charge in [-0.25, -0.2) is 4.98 Å². The molecule has 3 nitrogen and oxygen atoms in total. The number of benzene rings is 1. The molecule has 0 atom stereocenters. The van der Waals surface area contributed by atoms with Gasteiger partial charge in [0.1, 0.15) is 15.1 Å². The number of hydrogen-bond donors (Lipinski definition) is 1. The van der Waals surface area contributed by atoms with Crippen LogP contribution in [0.1, 0.15) is 10.6 Å². The molecule has 0 bridgehead atoms. The topological polar surface area (TPSA) is 34.1 Å². The van der Waals surface area contributed by atoms with Crippen molar-refractivity contribution >= 4 is 44.6 Å². The minimum atomic E-state index is 0.635. The number of nitrogens with zero attached hydrogens (tertiary/aromatic N) is 1. The first-order valence-electron chi connectivity index (χ1n) is 5.28. The molecule has 1 aromatic heterocycles. The molecule has 0 fully saturated rings. The standard InChI is InChI=1S/C12H12BrClN2OS/c1-7-3-8(13)4-9(17-2)12(7)16-6-11-15-5-10(14)18-11/h3-5,16H,6H2,1-2H3. The van der Waals surface area contributed by atoms with E-state index in [-0.39, 0.29) is 0 Å². The normalized spacial score (nSPS) is 10.4. The zero-order chi connectivity index (χ0) is 13.1. The molecular formula is C12H12BrClN2OS. The molecule has 1 heterocycles. The fraction of sp³-hybridized carbons (Fsp3) is 0.250. The molecule has 96 valence electrons. The highest BCUT2D eigenvalue weighted by Crippen LogP contribution is 2.32. The Hall–Kier alpha value is -0.780. The summed E-state index contributed by atoms with van der Waals surface area (Å²) in [4.78, 5) is 4.21. The minimum absolute atomic E-state index is 0.635. The summed E-state index contributed by atoms with van der Waals surface area (Å²) in [6.45, 7) is 2.67. The van der Waals surface area contributed by atoms with Gasteiger partial charge >= 0.3 is 0 Å². The number of rotatable bonds is 4. The smallest absolute Gasteiger partial charge is 0.143 e. The van der Waals surface area contributed by atoms with E-state index < -0.39 is 0 Å². The van der Waals surface area contributed by atoms with Crippen molar-refractivity contribution in [2.45, 2.75) is 13.5 Å². The van der Waals surface area contributed by atoms with Crippen LogP contribution in [0.25, 0.3) is 0 Å². The van der Waals surface area contributed by atoms with Gasteiger partial charge in [-0.3, -0.25) is 0 Å². The third kappa shape index (κ3) is 3.16. The number of nitrogens with one attached hydrogen (secondary N) is 1. The Kier molecular flexibility index (Phi) is 4.48. The van der Waals surface area contributed by atoms with Gasteiger partial charge in [0.15, 0.2) is 0 Å². The van der Waals surface area contributed by atoms with Gasteiger partial charge in [-0.05, 0) is 24.6 Å². The monoisotopic (exact) mass is 346 g/mol. The second-order valence-corrected chi connectivity index (χ2v) is 6.37. The van der Waals surface area contributed by atoms with Crippen LogP contribution < -0.4 is 10.1 Å². The third-order valence-corrected chi connectivity index (χ3v) is 4.00. The van der Waals surface area contributed by atoms with Crippen molar-refractivity contribution in [3.8, 4) is 5.75 Å². The predicted octanol–water partition coefficient (Wildman–Crippen LogP) is 4.49. The van der Waals surface area contributed by atoms with E-state index in [1.54, 1.807) is 13.3 Å². The van der Waals surface area contributed by atoms with Crippen molar-refractivity contribution in [3.63, 3.8) is 0 Å². The first-order valence-corrected chi connectivity index (χ1v) is 7.27. The van der Waals surface area contributed by atoms with Crippen molar-refractivity contribution in [1.82, 2.24) is 4.98 Å². The second kappa shape index (κ2) is 5.91. The van der Waals surface area contributed by atoms with Crippen LogP contribution in [0, 0.1) is 6.92 Å². The number of aromatic nitrogens is 1. The van der Waals surface area contributed by atoms with Gasteiger partial charge < -0.3 is 10.1 Å². The zero-order valence-electron chi connectivity index (χ0n) is 9.96. The van der Waals surface area contributed by atoms with E-state index in [0.717, 1.165) is 26.5 Å². The van der Waals surface area contributed by atoms with Crippen molar-refractivity contribution in [2.24, 2.45) is 0 Å². The van der Waals surface area contributed by atoms with E-state index in [2.05, 4.69) is 26.2 Å². The summed E-state index contributed by atoms with van der Waals surface area (Å²) in [5, 5.41) is 4.28. The Bertz CT molecular complexity index is 559. The molecule has 0 aliphatic rings. The number of ether oxygens (including phenoxy) is 1. The van der Waals surface area contributed by atoms with Crippen molar-refractivity contribution < 1.29 is 4.74 Å². The fourth-order valence-corrected chi connectivity index (χ4v) is 3.08. The first kappa shape index (κ1) is 13.6. The summed E-state index contributed by atoms with van der Waals surface area (Å²) in [5.74, 6) is 0.810. The predicted molar refractivity (Wildman–Crippen MR) is 79.9 cm³/mol. The maximum atomic E-state index is 5.85. The summed E-state index contributed by atoms with van der Waals surface area (Å²) in [7, 11) is 1.66. The molecule has 6 heteroatoms. The molecule has 0 saturated carbocycles. The summed E-state index contributed by atoms with van der Waals surface area (Å²) in [6, 6.07) is 3.98. The SMILES string of the molecule is COc1cc(Br)cc(C)c1NCc1ncc(Cl)s1. The quantitative estimate of drug-likeness (QED) is 0.885. The Morgan fingerprint density at radius 2 is 2.28 bits per heavy atom. The average molecular weight is 348 g/mol. The molecule has 18 heavy (non-hydrogen) atoms. The van der Waals surface area contributed by atoms with E-state index in [1.165, 1.54) is 11.3 Å². The molecule has 2 rings (SSSR count). The molecule has 0 radical (unpaired) electrons. The van der Waals surface area contributed by atoms with Crippen LogP contribution in [0.5, 0.6) is 5.75 Å². The number of methoxy groups -OCH3 is 1. The molecule has 1 N–H and O–H groups in total. The molecule has 0 amide bonds. The molecule has 2 aromatic rings. The van der Waals surface area contributed by atoms with Crippen LogP contribution >= 0.6 is 38.9 Å². The molecule has 1 aromatic carbocycles. The second-order valence-electron chi connectivity index (χ2n) is 3.71. The van der Waals surface area contributed by atoms with Crippen LogP contribution in [-0.4, -0.2) is 12.1 Å². The third-order valence-electron chi connectivity index (χ3n) is 2.43. The lowest BCUT2D eigenvalue weighted by Gasteiger charge is -2.13. The largest absolute Gasteiger partial charge is 0.495 e. The van der Waals surface area contributed by atoms with E-state index in [1.807, 2.05) is 19.1 Å². The van der Waals surface area contributed by atoms with E-state index in [9.17, 15) is 0 Å². The average Bonchev–Trinajstić information content (AvgIpc) is 2.73. The van der Waals surface area contributed by atoms with E-state index in [4.69, 9.17) is 16.3 Å². The van der Waals surface area contributed by atoms with Gasteiger partial charge in [0.2, 0.25) is 0 Å². The van der Waals surface area contributed by atoms with Gasteiger partial charge in [-0.1, -0.05) is 27.5 Å². The van der Waals surface area contributed by atoms with E-state index >= 15 is 0 Å². The van der Waals surface area contributed by atoms with Crippen molar-refractivity contribution in [2.75, 3.05) is 12.4 Å². The molecule has 0 spiro atoms. The van der Waals surface area contributed by atoms with Crippen molar-refractivity contribution in [1.29, 1.82) is 0 Å². The zero-order valence-corrected chi connectivity index (χ0v) is 13.1. The lowest BCUT2D eigenvalue weighted by Crippen LogP contribution is -2.03. The lowest BCUT2D eigenvalue weighted by molar-refractivity contribution is 0.416. The van der Waals surface area contributed by atoms with E-state index in [0.29, 0.717) is 10.9 Å². The van der Waals surface area contributed by atoms with Crippen molar-refractivity contribution in [3.05, 3.63) is 37.7 Å².